The molecule has 0 bridgehead atoms. The highest BCUT2D eigenvalue weighted by Crippen LogP contribution is 2.36. The standard InChI is InChI=1S/C16H15ClN2O2/c1-10-3-2-4-11(5-10)8-18-13-7-15-14(6-12(13)17)19-16(20)9-21-15/h2-7,18H,8-9H2,1H3,(H,19,20). The summed E-state index contributed by atoms with van der Waals surface area (Å²) in [5.74, 6) is 0.463. The average molecular weight is 303 g/mol. The van der Waals surface area contributed by atoms with Crippen molar-refractivity contribution in [3.63, 3.8) is 0 Å². The molecule has 1 amide bonds. The van der Waals surface area contributed by atoms with E-state index in [2.05, 4.69) is 35.8 Å². The second-order valence-corrected chi connectivity index (χ2v) is 5.41. The monoisotopic (exact) mass is 302 g/mol. The van der Waals surface area contributed by atoms with Gasteiger partial charge in [-0.15, -0.1) is 0 Å². The lowest BCUT2D eigenvalue weighted by Gasteiger charge is -2.20. The fourth-order valence-corrected chi connectivity index (χ4v) is 2.49. The van der Waals surface area contributed by atoms with E-state index >= 15 is 0 Å². The van der Waals surface area contributed by atoms with Crippen LogP contribution in [-0.4, -0.2) is 12.5 Å². The van der Waals surface area contributed by atoms with Crippen LogP contribution in [0, 0.1) is 6.92 Å². The molecule has 0 saturated carbocycles. The normalized spacial score (nSPS) is 13.1. The SMILES string of the molecule is Cc1cccc(CNc2cc3c(cc2Cl)NC(=O)CO3)c1. The summed E-state index contributed by atoms with van der Waals surface area (Å²) in [6.07, 6.45) is 0. The van der Waals surface area contributed by atoms with Crippen molar-refractivity contribution in [1.29, 1.82) is 0 Å². The van der Waals surface area contributed by atoms with E-state index < -0.39 is 0 Å². The van der Waals surface area contributed by atoms with Crippen molar-refractivity contribution in [3.8, 4) is 5.75 Å². The molecule has 0 atom stereocenters. The van der Waals surface area contributed by atoms with Crippen LogP contribution in [0.1, 0.15) is 11.1 Å². The van der Waals surface area contributed by atoms with E-state index in [4.69, 9.17) is 16.3 Å². The lowest BCUT2D eigenvalue weighted by molar-refractivity contribution is -0.118. The Morgan fingerprint density at radius 3 is 3.00 bits per heavy atom. The predicted octanol–water partition coefficient (Wildman–Crippen LogP) is 3.59. The van der Waals surface area contributed by atoms with Gasteiger partial charge in [-0.3, -0.25) is 4.79 Å². The Balaban J connectivity index is 1.78. The maximum atomic E-state index is 11.3. The molecule has 0 saturated heterocycles. The van der Waals surface area contributed by atoms with Gasteiger partial charge in [0.15, 0.2) is 6.61 Å². The molecule has 0 fully saturated rings. The minimum Gasteiger partial charge on any atom is -0.482 e. The number of anilines is 2. The van der Waals surface area contributed by atoms with Crippen LogP contribution < -0.4 is 15.4 Å². The van der Waals surface area contributed by atoms with Crippen molar-refractivity contribution in [2.45, 2.75) is 13.5 Å². The van der Waals surface area contributed by atoms with E-state index in [-0.39, 0.29) is 12.5 Å². The number of ether oxygens (including phenoxy) is 1. The molecule has 108 valence electrons. The first-order valence-corrected chi connectivity index (χ1v) is 7.05. The van der Waals surface area contributed by atoms with Crippen molar-refractivity contribution < 1.29 is 9.53 Å². The first-order valence-electron chi connectivity index (χ1n) is 6.67. The zero-order valence-electron chi connectivity index (χ0n) is 11.6. The topological polar surface area (TPSA) is 50.4 Å². The van der Waals surface area contributed by atoms with Crippen molar-refractivity contribution in [1.82, 2.24) is 0 Å². The van der Waals surface area contributed by atoms with Gasteiger partial charge >= 0.3 is 0 Å². The summed E-state index contributed by atoms with van der Waals surface area (Å²) >= 11 is 6.24. The van der Waals surface area contributed by atoms with E-state index in [0.29, 0.717) is 23.0 Å². The van der Waals surface area contributed by atoms with E-state index in [1.807, 2.05) is 12.1 Å². The molecule has 0 unspecified atom stereocenters. The number of amides is 1. The third-order valence-corrected chi connectivity index (χ3v) is 3.58. The summed E-state index contributed by atoms with van der Waals surface area (Å²) in [4.78, 5) is 11.3. The number of carbonyl (C=O) groups excluding carboxylic acids is 1. The highest BCUT2D eigenvalue weighted by Gasteiger charge is 2.18. The fraction of sp³-hybridized carbons (Fsp3) is 0.188. The van der Waals surface area contributed by atoms with E-state index in [9.17, 15) is 4.79 Å². The van der Waals surface area contributed by atoms with Crippen molar-refractivity contribution in [3.05, 3.63) is 52.5 Å². The van der Waals surface area contributed by atoms with Crippen LogP contribution >= 0.6 is 11.6 Å². The maximum absolute atomic E-state index is 11.3. The van der Waals surface area contributed by atoms with E-state index in [0.717, 1.165) is 5.69 Å². The van der Waals surface area contributed by atoms with Crippen LogP contribution in [0.4, 0.5) is 11.4 Å². The molecule has 2 N–H and O–H groups in total. The van der Waals surface area contributed by atoms with Gasteiger partial charge in [0.2, 0.25) is 0 Å². The number of aryl methyl sites for hydroxylation is 1. The first-order chi connectivity index (χ1) is 10.1. The number of rotatable bonds is 3. The van der Waals surface area contributed by atoms with Crippen LogP contribution in [0.5, 0.6) is 5.75 Å². The Kier molecular flexibility index (Phi) is 3.71. The summed E-state index contributed by atoms with van der Waals surface area (Å²) in [5, 5.41) is 6.57. The Morgan fingerprint density at radius 1 is 1.33 bits per heavy atom. The van der Waals surface area contributed by atoms with Gasteiger partial charge in [0, 0.05) is 12.6 Å². The highest BCUT2D eigenvalue weighted by molar-refractivity contribution is 6.33. The van der Waals surface area contributed by atoms with E-state index in [1.54, 1.807) is 6.07 Å². The molecule has 4 nitrogen and oxygen atoms in total. The average Bonchev–Trinajstić information content (AvgIpc) is 2.45. The molecule has 1 aliphatic heterocycles. The first kappa shape index (κ1) is 13.8. The molecule has 2 aromatic rings. The maximum Gasteiger partial charge on any atom is 0.262 e. The van der Waals surface area contributed by atoms with Crippen molar-refractivity contribution >= 4 is 28.9 Å². The molecule has 0 aliphatic carbocycles. The van der Waals surface area contributed by atoms with Gasteiger partial charge in [0.05, 0.1) is 16.4 Å². The van der Waals surface area contributed by atoms with Crippen LogP contribution in [-0.2, 0) is 11.3 Å². The summed E-state index contributed by atoms with van der Waals surface area (Å²) in [6, 6.07) is 11.8. The third-order valence-electron chi connectivity index (χ3n) is 3.27. The molecule has 1 aliphatic rings. The molecular weight excluding hydrogens is 288 g/mol. The molecule has 3 rings (SSSR count). The van der Waals surface area contributed by atoms with E-state index in [1.165, 1.54) is 11.1 Å². The Morgan fingerprint density at radius 2 is 2.19 bits per heavy atom. The number of carbonyl (C=O) groups is 1. The number of hydrogen-bond acceptors (Lipinski definition) is 3. The second kappa shape index (κ2) is 5.66. The zero-order valence-corrected chi connectivity index (χ0v) is 12.3. The highest BCUT2D eigenvalue weighted by atomic mass is 35.5. The molecule has 0 aromatic heterocycles. The van der Waals surface area contributed by atoms with Gasteiger partial charge in [-0.05, 0) is 18.6 Å². The number of nitrogens with one attached hydrogen (secondary N) is 2. The predicted molar refractivity (Wildman–Crippen MR) is 84.1 cm³/mol. The zero-order chi connectivity index (χ0) is 14.8. The van der Waals surface area contributed by atoms with Crippen LogP contribution in [0.2, 0.25) is 5.02 Å². The largest absolute Gasteiger partial charge is 0.482 e. The summed E-state index contributed by atoms with van der Waals surface area (Å²) < 4.78 is 5.39. The summed E-state index contributed by atoms with van der Waals surface area (Å²) in [7, 11) is 0. The van der Waals surface area contributed by atoms with Crippen LogP contribution in [0.15, 0.2) is 36.4 Å². The second-order valence-electron chi connectivity index (χ2n) is 5.01. The Hall–Kier alpha value is -2.20. The molecule has 0 spiro atoms. The molecule has 0 radical (unpaired) electrons. The third kappa shape index (κ3) is 3.11. The number of halogens is 1. The molecule has 1 heterocycles. The van der Waals surface area contributed by atoms with Gasteiger partial charge in [-0.1, -0.05) is 41.4 Å². The number of hydrogen-bond donors (Lipinski definition) is 2. The Labute approximate surface area is 128 Å². The quantitative estimate of drug-likeness (QED) is 0.911. The lowest BCUT2D eigenvalue weighted by atomic mass is 10.1. The van der Waals surface area contributed by atoms with Gasteiger partial charge in [-0.25, -0.2) is 0 Å². The van der Waals surface area contributed by atoms with Gasteiger partial charge < -0.3 is 15.4 Å². The minimum absolute atomic E-state index is 0.0337. The minimum atomic E-state index is -0.168. The molecule has 2 aromatic carbocycles. The molecule has 5 heteroatoms. The molecule has 21 heavy (non-hydrogen) atoms. The molecular formula is C16H15ClN2O2. The van der Waals surface area contributed by atoms with Gasteiger partial charge in [0.25, 0.3) is 5.91 Å². The van der Waals surface area contributed by atoms with Crippen molar-refractivity contribution in [2.75, 3.05) is 17.2 Å². The van der Waals surface area contributed by atoms with Crippen LogP contribution in [0.25, 0.3) is 0 Å². The fourth-order valence-electron chi connectivity index (χ4n) is 2.25. The lowest BCUT2D eigenvalue weighted by Crippen LogP contribution is -2.25. The van der Waals surface area contributed by atoms with Crippen molar-refractivity contribution in [2.24, 2.45) is 0 Å². The number of fused-ring (bicyclic) bond motifs is 1. The van der Waals surface area contributed by atoms with Crippen LogP contribution in [0.3, 0.4) is 0 Å². The Bertz CT molecular complexity index is 701. The summed E-state index contributed by atoms with van der Waals surface area (Å²) in [5.41, 5.74) is 3.79. The number of benzene rings is 2. The van der Waals surface area contributed by atoms with Gasteiger partial charge in [0.1, 0.15) is 5.75 Å². The summed E-state index contributed by atoms with van der Waals surface area (Å²) in [6.45, 7) is 2.77. The smallest absolute Gasteiger partial charge is 0.262 e. The van der Waals surface area contributed by atoms with Gasteiger partial charge in [-0.2, -0.15) is 0 Å².